The van der Waals surface area contributed by atoms with E-state index in [1.165, 1.54) is 4.90 Å². The number of fused-ring (bicyclic) bond motifs is 1. The predicted molar refractivity (Wildman–Crippen MR) is 92.2 cm³/mol. The van der Waals surface area contributed by atoms with Gasteiger partial charge in [-0.2, -0.15) is 0 Å². The van der Waals surface area contributed by atoms with Crippen molar-refractivity contribution < 1.29 is 4.79 Å². The Morgan fingerprint density at radius 1 is 1.24 bits per heavy atom. The molecule has 1 N–H and O–H groups in total. The second-order valence-electron chi connectivity index (χ2n) is 5.31. The minimum Gasteiger partial charge on any atom is -0.325 e. The highest BCUT2D eigenvalue weighted by Crippen LogP contribution is 2.40. The van der Waals surface area contributed by atoms with Gasteiger partial charge in [-0.1, -0.05) is 34.1 Å². The molecule has 1 heterocycles. The summed E-state index contributed by atoms with van der Waals surface area (Å²) in [7, 11) is 0. The van der Waals surface area contributed by atoms with Crippen LogP contribution in [0.2, 0.25) is 0 Å². The van der Waals surface area contributed by atoms with Crippen LogP contribution in [0.5, 0.6) is 0 Å². The summed E-state index contributed by atoms with van der Waals surface area (Å²) < 4.78 is 1.04. The molecular formula is C17H16BrNOS. The predicted octanol–water partition coefficient (Wildman–Crippen LogP) is 4.89. The van der Waals surface area contributed by atoms with Crippen molar-refractivity contribution in [3.05, 3.63) is 57.6 Å². The maximum Gasteiger partial charge on any atom is 0.232 e. The lowest BCUT2D eigenvalue weighted by atomic mass is 10.00. The van der Waals surface area contributed by atoms with Crippen molar-refractivity contribution in [3.8, 4) is 0 Å². The van der Waals surface area contributed by atoms with Crippen molar-refractivity contribution in [2.45, 2.75) is 24.7 Å². The van der Waals surface area contributed by atoms with Crippen molar-refractivity contribution in [2.24, 2.45) is 0 Å². The van der Waals surface area contributed by atoms with Crippen LogP contribution in [0.25, 0.3) is 0 Å². The lowest BCUT2D eigenvalue weighted by Gasteiger charge is -2.16. The van der Waals surface area contributed by atoms with Crippen LogP contribution in [0.3, 0.4) is 0 Å². The van der Waals surface area contributed by atoms with E-state index in [0.717, 1.165) is 32.6 Å². The average molecular weight is 362 g/mol. The summed E-state index contributed by atoms with van der Waals surface area (Å²) in [6.07, 6.45) is 0. The van der Waals surface area contributed by atoms with E-state index < -0.39 is 0 Å². The molecule has 0 bridgehead atoms. The highest BCUT2D eigenvalue weighted by atomic mass is 79.9. The maximum atomic E-state index is 12.6. The fourth-order valence-electron chi connectivity index (χ4n) is 2.70. The van der Waals surface area contributed by atoms with E-state index in [2.05, 4.69) is 33.4 Å². The number of nitrogens with one attached hydrogen (secondary N) is 1. The van der Waals surface area contributed by atoms with Gasteiger partial charge in [0, 0.05) is 20.8 Å². The molecule has 0 saturated carbocycles. The molecule has 1 unspecified atom stereocenters. The van der Waals surface area contributed by atoms with Crippen LogP contribution in [0.15, 0.2) is 45.8 Å². The van der Waals surface area contributed by atoms with Crippen LogP contribution in [0.4, 0.5) is 5.69 Å². The number of hydrogen-bond donors (Lipinski definition) is 1. The smallest absolute Gasteiger partial charge is 0.232 e. The maximum absolute atomic E-state index is 12.6. The summed E-state index contributed by atoms with van der Waals surface area (Å²) >= 11 is 5.24. The third kappa shape index (κ3) is 2.87. The monoisotopic (exact) mass is 361 g/mol. The Hall–Kier alpha value is -1.26. The van der Waals surface area contributed by atoms with Crippen LogP contribution in [-0.2, 0) is 4.79 Å². The molecule has 1 aliphatic rings. The van der Waals surface area contributed by atoms with Crippen molar-refractivity contribution in [2.75, 3.05) is 11.1 Å². The molecule has 1 aliphatic heterocycles. The number of hydrogen-bond acceptors (Lipinski definition) is 2. The minimum atomic E-state index is -0.0614. The zero-order valence-electron chi connectivity index (χ0n) is 11.9. The number of benzene rings is 2. The Kier molecular flexibility index (Phi) is 4.09. The van der Waals surface area contributed by atoms with Crippen LogP contribution in [0.1, 0.15) is 22.6 Å². The second-order valence-corrected chi connectivity index (χ2v) is 7.28. The van der Waals surface area contributed by atoms with Gasteiger partial charge in [-0.15, -0.1) is 11.8 Å². The van der Waals surface area contributed by atoms with E-state index in [-0.39, 0.29) is 11.8 Å². The standard InChI is InChI=1S/C17H16BrNOS/c1-10-7-12(18)8-11(2)16(10)19-17(20)14-9-21-15-6-4-3-5-13(14)15/h3-8,14H,9H2,1-2H3,(H,19,20). The largest absolute Gasteiger partial charge is 0.325 e. The summed E-state index contributed by atoms with van der Waals surface area (Å²) in [5.74, 6) is 0.842. The van der Waals surface area contributed by atoms with E-state index >= 15 is 0 Å². The summed E-state index contributed by atoms with van der Waals surface area (Å²) in [6.45, 7) is 4.04. The molecular weight excluding hydrogens is 346 g/mol. The molecule has 0 spiro atoms. The zero-order valence-corrected chi connectivity index (χ0v) is 14.3. The van der Waals surface area contributed by atoms with Crippen molar-refractivity contribution in [1.82, 2.24) is 0 Å². The molecule has 0 aliphatic carbocycles. The molecule has 0 saturated heterocycles. The Morgan fingerprint density at radius 3 is 2.62 bits per heavy atom. The lowest BCUT2D eigenvalue weighted by molar-refractivity contribution is -0.117. The van der Waals surface area contributed by atoms with E-state index in [1.54, 1.807) is 11.8 Å². The van der Waals surface area contributed by atoms with Gasteiger partial charge in [-0.25, -0.2) is 0 Å². The Bertz CT molecular complexity index is 691. The SMILES string of the molecule is Cc1cc(Br)cc(C)c1NC(=O)C1CSc2ccccc21. The third-order valence-electron chi connectivity index (χ3n) is 3.76. The molecule has 2 aromatic rings. The highest BCUT2D eigenvalue weighted by Gasteiger charge is 2.29. The van der Waals surface area contributed by atoms with Crippen molar-refractivity contribution >= 4 is 39.3 Å². The molecule has 2 nitrogen and oxygen atoms in total. The number of thioether (sulfide) groups is 1. The Labute approximate surface area is 137 Å². The van der Waals surface area contributed by atoms with Gasteiger partial charge >= 0.3 is 0 Å². The normalized spacial score (nSPS) is 16.6. The van der Waals surface area contributed by atoms with Gasteiger partial charge in [-0.05, 0) is 48.7 Å². The molecule has 1 atom stereocenters. The number of halogens is 1. The first-order valence-electron chi connectivity index (χ1n) is 6.85. The van der Waals surface area contributed by atoms with E-state index in [9.17, 15) is 4.79 Å². The fourth-order valence-corrected chi connectivity index (χ4v) is 4.61. The molecule has 0 radical (unpaired) electrons. The highest BCUT2D eigenvalue weighted by molar-refractivity contribution is 9.10. The summed E-state index contributed by atoms with van der Waals surface area (Å²) in [5, 5.41) is 3.12. The molecule has 21 heavy (non-hydrogen) atoms. The van der Waals surface area contributed by atoms with E-state index in [0.29, 0.717) is 0 Å². The molecule has 4 heteroatoms. The number of carbonyl (C=O) groups is 1. The molecule has 0 fully saturated rings. The van der Waals surface area contributed by atoms with Crippen molar-refractivity contribution in [1.29, 1.82) is 0 Å². The Balaban J connectivity index is 1.86. The van der Waals surface area contributed by atoms with Gasteiger partial charge in [0.1, 0.15) is 0 Å². The van der Waals surface area contributed by atoms with Crippen LogP contribution in [-0.4, -0.2) is 11.7 Å². The topological polar surface area (TPSA) is 29.1 Å². The van der Waals surface area contributed by atoms with Gasteiger partial charge in [-0.3, -0.25) is 4.79 Å². The lowest BCUT2D eigenvalue weighted by Crippen LogP contribution is -2.22. The number of amides is 1. The van der Waals surface area contributed by atoms with Crippen molar-refractivity contribution in [3.63, 3.8) is 0 Å². The third-order valence-corrected chi connectivity index (χ3v) is 5.40. The van der Waals surface area contributed by atoms with E-state index in [1.807, 2.05) is 38.1 Å². The number of anilines is 1. The molecule has 108 valence electrons. The van der Waals surface area contributed by atoms with Crippen LogP contribution < -0.4 is 5.32 Å². The molecule has 3 rings (SSSR count). The minimum absolute atomic E-state index is 0.0614. The molecule has 2 aromatic carbocycles. The van der Waals surface area contributed by atoms with E-state index in [4.69, 9.17) is 0 Å². The molecule has 0 aromatic heterocycles. The molecule has 1 amide bonds. The van der Waals surface area contributed by atoms with Gasteiger partial charge < -0.3 is 5.32 Å². The number of rotatable bonds is 2. The zero-order chi connectivity index (χ0) is 15.0. The van der Waals surface area contributed by atoms with Gasteiger partial charge in [0.15, 0.2) is 0 Å². The number of carbonyl (C=O) groups excluding carboxylic acids is 1. The van der Waals surface area contributed by atoms with Crippen LogP contribution >= 0.6 is 27.7 Å². The summed E-state index contributed by atoms with van der Waals surface area (Å²) in [6, 6.07) is 12.2. The first kappa shape index (κ1) is 14.7. The van der Waals surface area contributed by atoms with Gasteiger partial charge in [0.2, 0.25) is 5.91 Å². The van der Waals surface area contributed by atoms with Gasteiger partial charge in [0.05, 0.1) is 5.92 Å². The first-order chi connectivity index (χ1) is 10.1. The summed E-state index contributed by atoms with van der Waals surface area (Å²) in [4.78, 5) is 13.9. The quantitative estimate of drug-likeness (QED) is 0.824. The van der Waals surface area contributed by atoms with Gasteiger partial charge in [0.25, 0.3) is 0 Å². The second kappa shape index (κ2) is 5.85. The average Bonchev–Trinajstić information content (AvgIpc) is 2.86. The first-order valence-corrected chi connectivity index (χ1v) is 8.63. The van der Waals surface area contributed by atoms with Crippen LogP contribution in [0, 0.1) is 13.8 Å². The number of aryl methyl sites for hydroxylation is 2. The Morgan fingerprint density at radius 2 is 1.90 bits per heavy atom. The summed E-state index contributed by atoms with van der Waals surface area (Å²) in [5.41, 5.74) is 4.23. The fraction of sp³-hybridized carbons (Fsp3) is 0.235.